The summed E-state index contributed by atoms with van der Waals surface area (Å²) in [5.41, 5.74) is 3.15. The Balaban J connectivity index is 1.57. The number of furan rings is 1. The molecule has 1 aromatic heterocycles. The zero-order valence-corrected chi connectivity index (χ0v) is 16.4. The minimum absolute atomic E-state index is 0.0476. The molecule has 0 spiro atoms. The molecule has 0 bridgehead atoms. The van der Waals surface area contributed by atoms with Gasteiger partial charge in [-0.25, -0.2) is 5.01 Å². The van der Waals surface area contributed by atoms with Crippen molar-refractivity contribution in [1.29, 1.82) is 0 Å². The number of rotatable bonds is 5. The first-order chi connectivity index (χ1) is 14.3. The third-order valence-electron chi connectivity index (χ3n) is 5.29. The molecule has 0 amide bonds. The van der Waals surface area contributed by atoms with Crippen LogP contribution in [-0.2, 0) is 0 Å². The second kappa shape index (κ2) is 7.20. The zero-order valence-electron chi connectivity index (χ0n) is 16.4. The Kier molecular flexibility index (Phi) is 4.39. The van der Waals surface area contributed by atoms with Crippen molar-refractivity contribution in [3.05, 3.63) is 77.7 Å². The summed E-state index contributed by atoms with van der Waals surface area (Å²) >= 11 is 0. The van der Waals surface area contributed by atoms with Gasteiger partial charge in [0, 0.05) is 12.0 Å². The number of para-hydroxylation sites is 1. The summed E-state index contributed by atoms with van der Waals surface area (Å²) in [6, 6.07) is 17.8. The van der Waals surface area contributed by atoms with Gasteiger partial charge in [-0.1, -0.05) is 12.1 Å². The van der Waals surface area contributed by atoms with Gasteiger partial charge in [0.05, 0.1) is 31.7 Å². The number of hydrazone groups is 1. The Hall–Kier alpha value is -3.41. The Labute approximate surface area is 169 Å². The molecule has 2 aromatic carbocycles. The summed E-state index contributed by atoms with van der Waals surface area (Å²) in [5.74, 6) is 3.06. The van der Waals surface area contributed by atoms with E-state index in [-0.39, 0.29) is 6.04 Å². The molecule has 6 heteroatoms. The van der Waals surface area contributed by atoms with Gasteiger partial charge in [-0.2, -0.15) is 5.10 Å². The maximum atomic E-state index is 6.37. The van der Waals surface area contributed by atoms with Crippen molar-refractivity contribution in [2.24, 2.45) is 5.10 Å². The topological polar surface area (TPSA) is 56.4 Å². The molecule has 3 aromatic rings. The Bertz CT molecular complexity index is 1030. The SMILES string of the molecule is CCOc1cccc2c1OC(c1ccco1)N1N=C(c3ccc(OC)cc3)CC21. The Morgan fingerprint density at radius 3 is 2.69 bits per heavy atom. The molecule has 6 nitrogen and oxygen atoms in total. The molecule has 2 atom stereocenters. The quantitative estimate of drug-likeness (QED) is 0.618. The first-order valence-corrected chi connectivity index (χ1v) is 9.74. The molecule has 0 saturated carbocycles. The molecular formula is C23H22N2O4. The molecule has 148 valence electrons. The summed E-state index contributed by atoms with van der Waals surface area (Å²) in [6.45, 7) is 2.55. The van der Waals surface area contributed by atoms with Crippen LogP contribution >= 0.6 is 0 Å². The molecule has 2 aliphatic heterocycles. The van der Waals surface area contributed by atoms with E-state index in [1.165, 1.54) is 0 Å². The fraction of sp³-hybridized carbons (Fsp3) is 0.261. The zero-order chi connectivity index (χ0) is 19.8. The van der Waals surface area contributed by atoms with Crippen LogP contribution in [0.2, 0.25) is 0 Å². The summed E-state index contributed by atoms with van der Waals surface area (Å²) < 4.78 is 23.2. The van der Waals surface area contributed by atoms with E-state index in [2.05, 4.69) is 6.07 Å². The van der Waals surface area contributed by atoms with Crippen molar-refractivity contribution in [1.82, 2.24) is 5.01 Å². The van der Waals surface area contributed by atoms with Gasteiger partial charge in [0.25, 0.3) is 0 Å². The number of hydrogen-bond acceptors (Lipinski definition) is 6. The van der Waals surface area contributed by atoms with E-state index in [0.29, 0.717) is 12.4 Å². The molecule has 3 heterocycles. The Morgan fingerprint density at radius 1 is 1.10 bits per heavy atom. The first kappa shape index (κ1) is 17.7. The van der Waals surface area contributed by atoms with Gasteiger partial charge in [-0.15, -0.1) is 0 Å². The predicted molar refractivity (Wildman–Crippen MR) is 108 cm³/mol. The maximum absolute atomic E-state index is 6.37. The largest absolute Gasteiger partial charge is 0.497 e. The highest BCUT2D eigenvalue weighted by molar-refractivity contribution is 6.02. The van der Waals surface area contributed by atoms with Gasteiger partial charge in [0.15, 0.2) is 17.3 Å². The number of fused-ring (bicyclic) bond motifs is 3. The van der Waals surface area contributed by atoms with Gasteiger partial charge in [-0.05, 0) is 55.0 Å². The average molecular weight is 390 g/mol. The number of hydrogen-bond donors (Lipinski definition) is 0. The fourth-order valence-electron chi connectivity index (χ4n) is 3.93. The van der Waals surface area contributed by atoms with Crippen LogP contribution in [0.4, 0.5) is 0 Å². The smallest absolute Gasteiger partial charge is 0.246 e. The van der Waals surface area contributed by atoms with Crippen LogP contribution in [0, 0.1) is 0 Å². The third-order valence-corrected chi connectivity index (χ3v) is 5.29. The van der Waals surface area contributed by atoms with Crippen molar-refractivity contribution in [3.63, 3.8) is 0 Å². The normalized spacial score (nSPS) is 19.8. The third kappa shape index (κ3) is 3.01. The summed E-state index contributed by atoms with van der Waals surface area (Å²) in [7, 11) is 1.67. The van der Waals surface area contributed by atoms with E-state index >= 15 is 0 Å². The molecule has 0 saturated heterocycles. The van der Waals surface area contributed by atoms with Crippen molar-refractivity contribution in [3.8, 4) is 17.2 Å². The van der Waals surface area contributed by atoms with Gasteiger partial charge in [-0.3, -0.25) is 0 Å². The second-order valence-electron chi connectivity index (χ2n) is 6.97. The molecule has 0 radical (unpaired) electrons. The van der Waals surface area contributed by atoms with E-state index in [9.17, 15) is 0 Å². The predicted octanol–water partition coefficient (Wildman–Crippen LogP) is 4.93. The van der Waals surface area contributed by atoms with Crippen LogP contribution in [-0.4, -0.2) is 24.4 Å². The fourth-order valence-corrected chi connectivity index (χ4v) is 3.93. The van der Waals surface area contributed by atoms with Crippen LogP contribution in [0.3, 0.4) is 0 Å². The molecule has 0 aliphatic carbocycles. The Morgan fingerprint density at radius 2 is 1.97 bits per heavy atom. The van der Waals surface area contributed by atoms with E-state index < -0.39 is 6.23 Å². The summed E-state index contributed by atoms with van der Waals surface area (Å²) in [4.78, 5) is 0. The van der Waals surface area contributed by atoms with Crippen molar-refractivity contribution in [2.75, 3.05) is 13.7 Å². The standard InChI is InChI=1S/C23H22N2O4/c1-3-27-20-7-4-6-17-19-14-18(15-9-11-16(26-2)12-10-15)24-25(19)23(29-22(17)20)21-8-5-13-28-21/h4-13,19,23H,3,14H2,1-2H3. The van der Waals surface area contributed by atoms with Crippen molar-refractivity contribution >= 4 is 5.71 Å². The molecule has 0 fully saturated rings. The molecule has 2 aliphatic rings. The summed E-state index contributed by atoms with van der Waals surface area (Å²) in [5, 5.41) is 6.93. The van der Waals surface area contributed by atoms with Gasteiger partial charge < -0.3 is 18.6 Å². The number of ether oxygens (including phenoxy) is 3. The van der Waals surface area contributed by atoms with Gasteiger partial charge in [0.2, 0.25) is 6.23 Å². The molecule has 2 unspecified atom stereocenters. The lowest BCUT2D eigenvalue weighted by Crippen LogP contribution is -2.33. The maximum Gasteiger partial charge on any atom is 0.246 e. The van der Waals surface area contributed by atoms with Crippen molar-refractivity contribution < 1.29 is 18.6 Å². The van der Waals surface area contributed by atoms with Crippen LogP contribution in [0.1, 0.15) is 42.5 Å². The minimum Gasteiger partial charge on any atom is -0.497 e. The lowest BCUT2D eigenvalue weighted by atomic mass is 9.96. The second-order valence-corrected chi connectivity index (χ2v) is 6.97. The number of benzene rings is 2. The molecule has 0 N–H and O–H groups in total. The van der Waals surface area contributed by atoms with Crippen LogP contribution < -0.4 is 14.2 Å². The molecular weight excluding hydrogens is 368 g/mol. The molecule has 5 rings (SSSR count). The van der Waals surface area contributed by atoms with E-state index in [1.54, 1.807) is 13.4 Å². The van der Waals surface area contributed by atoms with E-state index in [4.69, 9.17) is 23.7 Å². The highest BCUT2D eigenvalue weighted by atomic mass is 16.5. The van der Waals surface area contributed by atoms with Crippen LogP contribution in [0.25, 0.3) is 0 Å². The van der Waals surface area contributed by atoms with E-state index in [0.717, 1.165) is 40.5 Å². The average Bonchev–Trinajstić information content (AvgIpc) is 3.44. The number of methoxy groups -OCH3 is 1. The van der Waals surface area contributed by atoms with E-state index in [1.807, 2.05) is 60.5 Å². The van der Waals surface area contributed by atoms with Crippen molar-refractivity contribution in [2.45, 2.75) is 25.6 Å². The number of nitrogens with zero attached hydrogens (tertiary/aromatic N) is 2. The van der Waals surface area contributed by atoms with Crippen LogP contribution in [0.5, 0.6) is 17.2 Å². The van der Waals surface area contributed by atoms with Gasteiger partial charge >= 0.3 is 0 Å². The van der Waals surface area contributed by atoms with Crippen LogP contribution in [0.15, 0.2) is 70.4 Å². The highest BCUT2D eigenvalue weighted by Crippen LogP contribution is 2.50. The van der Waals surface area contributed by atoms with Gasteiger partial charge in [0.1, 0.15) is 5.75 Å². The lowest BCUT2D eigenvalue weighted by molar-refractivity contribution is -0.0344. The monoisotopic (exact) mass is 390 g/mol. The molecule has 29 heavy (non-hydrogen) atoms. The first-order valence-electron chi connectivity index (χ1n) is 9.74. The summed E-state index contributed by atoms with van der Waals surface area (Å²) in [6.07, 6.45) is 1.98. The minimum atomic E-state index is -0.445. The highest BCUT2D eigenvalue weighted by Gasteiger charge is 2.43. The lowest BCUT2D eigenvalue weighted by Gasteiger charge is -2.37.